The van der Waals surface area contributed by atoms with Crippen molar-refractivity contribution in [2.45, 2.75) is 43.8 Å². The molecule has 2 fully saturated rings. The van der Waals surface area contributed by atoms with Gasteiger partial charge in [-0.25, -0.2) is 26.4 Å². The number of nitrogens with one attached hydrogen (secondary N) is 1. The van der Waals surface area contributed by atoms with Gasteiger partial charge in [-0.3, -0.25) is 8.99 Å². The summed E-state index contributed by atoms with van der Waals surface area (Å²) in [4.78, 5) is 14.8. The maximum Gasteiger partial charge on any atom is 0.322 e. The van der Waals surface area contributed by atoms with Gasteiger partial charge in [0.25, 0.3) is 0 Å². The number of sulfonamides is 1. The van der Waals surface area contributed by atoms with Crippen LogP contribution in [-0.2, 0) is 16.6 Å². The normalized spacial score (nSPS) is 24.1. The fraction of sp³-hybridized carbons (Fsp3) is 0.360. The Bertz CT molecular complexity index is 1460. The standard InChI is InChI=1S/C25H24F3N5O3S/c26-18-9-17(10-19(27)24(18)28)30-25(34)31-13-23-22(11-29-33(23)21-8-4-7-20(21)31)32-12-16(14-37(32,35)36)15-5-2-1-3-6-15/h1-3,5-6,9-11,16,20-21H,4,7-8,12-14H2,(H,30,34)/t16?,20-,21+/m0/s1. The maximum atomic E-state index is 13.7. The van der Waals surface area contributed by atoms with E-state index in [2.05, 4.69) is 10.4 Å². The van der Waals surface area contributed by atoms with Crippen LogP contribution in [0.25, 0.3) is 0 Å². The van der Waals surface area contributed by atoms with Crippen molar-refractivity contribution in [2.75, 3.05) is 21.9 Å². The minimum Gasteiger partial charge on any atom is -0.313 e. The minimum atomic E-state index is -3.62. The van der Waals surface area contributed by atoms with Crippen LogP contribution in [0.4, 0.5) is 29.3 Å². The van der Waals surface area contributed by atoms with E-state index in [9.17, 15) is 26.4 Å². The van der Waals surface area contributed by atoms with Gasteiger partial charge in [0.1, 0.15) is 0 Å². The molecular formula is C25H24F3N5O3S. The van der Waals surface area contributed by atoms with E-state index < -0.39 is 33.5 Å². The molecule has 1 unspecified atom stereocenters. The molecular weight excluding hydrogens is 507 g/mol. The first kappa shape index (κ1) is 23.8. The van der Waals surface area contributed by atoms with Crippen molar-refractivity contribution in [1.29, 1.82) is 0 Å². The van der Waals surface area contributed by atoms with Crippen LogP contribution in [0.3, 0.4) is 0 Å². The zero-order chi connectivity index (χ0) is 25.9. The molecule has 1 aliphatic carbocycles. The number of hydrogen-bond acceptors (Lipinski definition) is 4. The Morgan fingerprint density at radius 3 is 2.46 bits per heavy atom. The van der Waals surface area contributed by atoms with Crippen molar-refractivity contribution in [3.8, 4) is 0 Å². The quantitative estimate of drug-likeness (QED) is 0.509. The lowest BCUT2D eigenvalue weighted by atomic mass is 10.0. The fourth-order valence-electron chi connectivity index (χ4n) is 5.81. The number of fused-ring (bicyclic) bond motifs is 3. The van der Waals surface area contributed by atoms with Gasteiger partial charge in [0.05, 0.1) is 42.0 Å². The average Bonchev–Trinajstić information content (AvgIpc) is 3.58. The molecule has 3 aromatic rings. The van der Waals surface area contributed by atoms with Crippen LogP contribution in [0.15, 0.2) is 48.7 Å². The number of rotatable bonds is 3. The van der Waals surface area contributed by atoms with Gasteiger partial charge in [0, 0.05) is 30.3 Å². The van der Waals surface area contributed by atoms with Gasteiger partial charge < -0.3 is 10.2 Å². The zero-order valence-corrected chi connectivity index (χ0v) is 20.5. The predicted octanol–water partition coefficient (Wildman–Crippen LogP) is 4.38. The van der Waals surface area contributed by atoms with E-state index in [1.807, 2.05) is 35.0 Å². The summed E-state index contributed by atoms with van der Waals surface area (Å²) in [6, 6.07) is 9.93. The molecule has 2 aliphatic heterocycles. The van der Waals surface area contributed by atoms with E-state index in [-0.39, 0.29) is 42.5 Å². The number of carbonyl (C=O) groups is 1. The van der Waals surface area contributed by atoms with E-state index in [4.69, 9.17) is 0 Å². The summed E-state index contributed by atoms with van der Waals surface area (Å²) < 4.78 is 70.4. The highest BCUT2D eigenvalue weighted by molar-refractivity contribution is 7.93. The number of halogens is 3. The molecule has 194 valence electrons. The number of nitrogens with zero attached hydrogens (tertiary/aromatic N) is 4. The van der Waals surface area contributed by atoms with Crippen LogP contribution in [0.5, 0.6) is 0 Å². The number of aromatic nitrogens is 2. The third-order valence-electron chi connectivity index (χ3n) is 7.52. The van der Waals surface area contributed by atoms with Gasteiger partial charge >= 0.3 is 6.03 Å². The van der Waals surface area contributed by atoms with Crippen LogP contribution in [0.2, 0.25) is 0 Å². The van der Waals surface area contributed by atoms with Crippen molar-refractivity contribution in [2.24, 2.45) is 0 Å². The molecule has 37 heavy (non-hydrogen) atoms. The zero-order valence-electron chi connectivity index (χ0n) is 19.6. The Morgan fingerprint density at radius 1 is 1.03 bits per heavy atom. The SMILES string of the molecule is O=C(Nc1cc(F)c(F)c(F)c1)N1Cc2c(N3CC(c4ccccc4)CS3(=O)=O)cnn2[C@@H]2CCC[C@@H]21. The molecule has 2 amide bonds. The van der Waals surface area contributed by atoms with Crippen molar-refractivity contribution in [3.63, 3.8) is 0 Å². The lowest BCUT2D eigenvalue weighted by Crippen LogP contribution is -2.49. The average molecular weight is 532 g/mol. The molecule has 1 aromatic heterocycles. The predicted molar refractivity (Wildman–Crippen MR) is 130 cm³/mol. The van der Waals surface area contributed by atoms with E-state index in [0.29, 0.717) is 17.8 Å². The Kier molecular flexibility index (Phi) is 5.66. The Labute approximate surface area is 211 Å². The van der Waals surface area contributed by atoms with Crippen LogP contribution < -0.4 is 9.62 Å². The molecule has 3 aliphatic rings. The van der Waals surface area contributed by atoms with Crippen molar-refractivity contribution < 1.29 is 26.4 Å². The highest BCUT2D eigenvalue weighted by atomic mass is 32.2. The van der Waals surface area contributed by atoms with E-state index in [0.717, 1.165) is 30.5 Å². The molecule has 1 saturated carbocycles. The summed E-state index contributed by atoms with van der Waals surface area (Å²) in [5.41, 5.74) is 1.75. The molecule has 0 spiro atoms. The van der Waals surface area contributed by atoms with Crippen LogP contribution in [0.1, 0.15) is 42.5 Å². The number of anilines is 2. The van der Waals surface area contributed by atoms with E-state index in [1.165, 1.54) is 4.31 Å². The second-order valence-corrected chi connectivity index (χ2v) is 11.7. The molecule has 12 heteroatoms. The summed E-state index contributed by atoms with van der Waals surface area (Å²) in [5, 5.41) is 7.00. The first-order chi connectivity index (χ1) is 17.7. The van der Waals surface area contributed by atoms with Gasteiger partial charge in [0.2, 0.25) is 10.0 Å². The summed E-state index contributed by atoms with van der Waals surface area (Å²) >= 11 is 0. The first-order valence-electron chi connectivity index (χ1n) is 12.1. The highest BCUT2D eigenvalue weighted by Gasteiger charge is 2.45. The van der Waals surface area contributed by atoms with Gasteiger partial charge in [-0.15, -0.1) is 0 Å². The largest absolute Gasteiger partial charge is 0.322 e. The van der Waals surface area contributed by atoms with Crippen molar-refractivity contribution >= 4 is 27.4 Å². The summed E-state index contributed by atoms with van der Waals surface area (Å²) in [5.74, 6) is -4.65. The Balaban J connectivity index is 1.31. The fourth-order valence-corrected chi connectivity index (χ4v) is 7.65. The third kappa shape index (κ3) is 4.03. The van der Waals surface area contributed by atoms with Gasteiger partial charge in [0.15, 0.2) is 17.5 Å². The second-order valence-electron chi connectivity index (χ2n) is 9.72. The lowest BCUT2D eigenvalue weighted by Gasteiger charge is -2.39. The smallest absolute Gasteiger partial charge is 0.313 e. The van der Waals surface area contributed by atoms with Crippen LogP contribution in [-0.4, -0.2) is 47.5 Å². The van der Waals surface area contributed by atoms with E-state index >= 15 is 0 Å². The molecule has 6 rings (SSSR count). The van der Waals surface area contributed by atoms with Gasteiger partial charge in [-0.05, 0) is 24.8 Å². The summed E-state index contributed by atoms with van der Waals surface area (Å²) in [6.07, 6.45) is 3.84. The molecule has 0 bridgehead atoms. The van der Waals surface area contributed by atoms with E-state index in [1.54, 1.807) is 11.1 Å². The lowest BCUT2D eigenvalue weighted by molar-refractivity contribution is 0.139. The Morgan fingerprint density at radius 2 is 1.73 bits per heavy atom. The molecule has 1 N–H and O–H groups in total. The highest BCUT2D eigenvalue weighted by Crippen LogP contribution is 2.43. The third-order valence-corrected chi connectivity index (χ3v) is 9.37. The number of amides is 2. The number of urea groups is 1. The topological polar surface area (TPSA) is 87.5 Å². The molecule has 0 radical (unpaired) electrons. The minimum absolute atomic E-state index is 0.0282. The summed E-state index contributed by atoms with van der Waals surface area (Å²) in [7, 11) is -3.62. The Hall–Kier alpha value is -3.54. The van der Waals surface area contributed by atoms with Crippen LogP contribution in [0, 0.1) is 17.5 Å². The number of hydrogen-bond donors (Lipinski definition) is 1. The molecule has 8 nitrogen and oxygen atoms in total. The molecule has 1 saturated heterocycles. The first-order valence-corrected chi connectivity index (χ1v) is 13.7. The number of carbonyl (C=O) groups excluding carboxylic acids is 1. The van der Waals surface area contributed by atoms with Gasteiger partial charge in [-0.1, -0.05) is 30.3 Å². The van der Waals surface area contributed by atoms with Gasteiger partial charge in [-0.2, -0.15) is 5.10 Å². The summed E-state index contributed by atoms with van der Waals surface area (Å²) in [6.45, 7) is 0.329. The monoisotopic (exact) mass is 531 g/mol. The van der Waals surface area contributed by atoms with Crippen molar-refractivity contribution in [3.05, 3.63) is 77.4 Å². The van der Waals surface area contributed by atoms with Crippen molar-refractivity contribution in [1.82, 2.24) is 14.7 Å². The second kappa shape index (κ2) is 8.79. The number of benzene rings is 2. The van der Waals surface area contributed by atoms with Crippen LogP contribution >= 0.6 is 0 Å². The molecule has 2 aromatic carbocycles. The molecule has 3 atom stereocenters. The molecule has 3 heterocycles. The maximum absolute atomic E-state index is 13.7.